The molecule has 2 rings (SSSR count). The first-order chi connectivity index (χ1) is 12.9. The predicted octanol–water partition coefficient (Wildman–Crippen LogP) is 3.97. The largest absolute Gasteiger partial charge is 0.354 e. The van der Waals surface area contributed by atoms with Gasteiger partial charge in [0.2, 0.25) is 11.8 Å². The summed E-state index contributed by atoms with van der Waals surface area (Å²) in [6, 6.07) is 12.5. The minimum atomic E-state index is -0.712. The van der Waals surface area contributed by atoms with Crippen LogP contribution in [-0.2, 0) is 22.6 Å². The summed E-state index contributed by atoms with van der Waals surface area (Å²) in [5.41, 5.74) is 1.15. The molecule has 2 amide bonds. The highest BCUT2D eigenvalue weighted by molar-refractivity contribution is 6.30. The monoisotopic (exact) mass is 390 g/mol. The van der Waals surface area contributed by atoms with E-state index in [0.717, 1.165) is 12.0 Å². The Labute approximate surface area is 164 Å². The van der Waals surface area contributed by atoms with Gasteiger partial charge in [0.05, 0.1) is 6.42 Å². The Hall–Kier alpha value is -2.40. The van der Waals surface area contributed by atoms with Crippen LogP contribution in [0.5, 0.6) is 0 Å². The van der Waals surface area contributed by atoms with E-state index in [-0.39, 0.29) is 24.8 Å². The van der Waals surface area contributed by atoms with Crippen LogP contribution in [-0.4, -0.2) is 29.3 Å². The Balaban J connectivity index is 2.21. The van der Waals surface area contributed by atoms with Gasteiger partial charge in [-0.15, -0.1) is 0 Å². The third kappa shape index (κ3) is 6.07. The molecule has 0 aliphatic carbocycles. The number of hydrogen-bond donors (Lipinski definition) is 1. The van der Waals surface area contributed by atoms with Crippen molar-refractivity contribution in [2.75, 3.05) is 6.54 Å². The fourth-order valence-corrected chi connectivity index (χ4v) is 2.79. The van der Waals surface area contributed by atoms with Gasteiger partial charge in [0.15, 0.2) is 0 Å². The lowest BCUT2D eigenvalue weighted by molar-refractivity contribution is -0.140. The number of rotatable bonds is 8. The summed E-state index contributed by atoms with van der Waals surface area (Å²) in [5.74, 6) is -0.902. The summed E-state index contributed by atoms with van der Waals surface area (Å²) in [5, 5.41) is 3.38. The lowest BCUT2D eigenvalue weighted by Crippen LogP contribution is -2.48. The normalized spacial score (nSPS) is 11.7. The number of carbonyl (C=O) groups is 2. The molecule has 2 aromatic rings. The van der Waals surface area contributed by atoms with Gasteiger partial charge in [0.25, 0.3) is 0 Å². The number of amides is 2. The van der Waals surface area contributed by atoms with E-state index in [0.29, 0.717) is 17.1 Å². The molecule has 27 heavy (non-hydrogen) atoms. The molecule has 0 radical (unpaired) electrons. The predicted molar refractivity (Wildman–Crippen MR) is 105 cm³/mol. The van der Waals surface area contributed by atoms with Crippen LogP contribution < -0.4 is 5.32 Å². The highest BCUT2D eigenvalue weighted by Crippen LogP contribution is 2.16. The van der Waals surface area contributed by atoms with Gasteiger partial charge in [0.1, 0.15) is 11.9 Å². The molecular weight excluding hydrogens is 367 g/mol. The molecule has 144 valence electrons. The van der Waals surface area contributed by atoms with Crippen molar-refractivity contribution in [3.05, 3.63) is 70.5 Å². The maximum absolute atomic E-state index is 14.1. The zero-order valence-electron chi connectivity index (χ0n) is 15.5. The highest BCUT2D eigenvalue weighted by atomic mass is 35.5. The number of nitrogens with zero attached hydrogens (tertiary/aromatic N) is 1. The lowest BCUT2D eigenvalue weighted by atomic mass is 10.1. The zero-order chi connectivity index (χ0) is 19.8. The van der Waals surface area contributed by atoms with Gasteiger partial charge in [-0.05, 0) is 37.1 Å². The van der Waals surface area contributed by atoms with Crippen molar-refractivity contribution in [3.8, 4) is 0 Å². The van der Waals surface area contributed by atoms with E-state index >= 15 is 0 Å². The first kappa shape index (κ1) is 20.9. The minimum Gasteiger partial charge on any atom is -0.354 e. The molecule has 0 heterocycles. The second kappa shape index (κ2) is 10.1. The maximum Gasteiger partial charge on any atom is 0.242 e. The number of halogens is 2. The summed E-state index contributed by atoms with van der Waals surface area (Å²) in [6.45, 7) is 4.17. The number of carbonyl (C=O) groups excluding carboxylic acids is 2. The summed E-state index contributed by atoms with van der Waals surface area (Å²) in [6.07, 6.45) is 0.904. The third-order valence-corrected chi connectivity index (χ3v) is 4.54. The van der Waals surface area contributed by atoms with E-state index in [9.17, 15) is 14.0 Å². The molecule has 4 nitrogen and oxygen atoms in total. The second-order valence-corrected chi connectivity index (χ2v) is 6.82. The van der Waals surface area contributed by atoms with Gasteiger partial charge in [0, 0.05) is 23.7 Å². The lowest BCUT2D eigenvalue weighted by Gasteiger charge is -2.29. The van der Waals surface area contributed by atoms with E-state index in [2.05, 4.69) is 5.32 Å². The zero-order valence-corrected chi connectivity index (χ0v) is 16.3. The molecule has 0 saturated carbocycles. The minimum absolute atomic E-state index is 0.0276. The van der Waals surface area contributed by atoms with Crippen LogP contribution in [0.1, 0.15) is 31.4 Å². The molecule has 0 aliphatic heterocycles. The van der Waals surface area contributed by atoms with Crippen LogP contribution in [0.3, 0.4) is 0 Å². The molecule has 1 N–H and O–H groups in total. The standard InChI is InChI=1S/C21H24ClFN2O2/c1-3-12-24-21(27)15(2)25(14-17-6-4-5-7-19(17)23)20(26)13-16-8-10-18(22)11-9-16/h4-11,15H,3,12-14H2,1-2H3,(H,24,27)/t15-/m1/s1. The number of hydrogen-bond acceptors (Lipinski definition) is 2. The van der Waals surface area contributed by atoms with Crippen molar-refractivity contribution in [2.45, 2.75) is 39.3 Å². The fourth-order valence-electron chi connectivity index (χ4n) is 2.67. The molecule has 0 aliphatic rings. The van der Waals surface area contributed by atoms with Crippen molar-refractivity contribution in [2.24, 2.45) is 0 Å². The van der Waals surface area contributed by atoms with Gasteiger partial charge in [-0.2, -0.15) is 0 Å². The molecule has 2 aromatic carbocycles. The van der Waals surface area contributed by atoms with Gasteiger partial charge in [-0.1, -0.05) is 48.9 Å². The van der Waals surface area contributed by atoms with Crippen molar-refractivity contribution in [3.63, 3.8) is 0 Å². The molecule has 0 spiro atoms. The quantitative estimate of drug-likeness (QED) is 0.741. The third-order valence-electron chi connectivity index (χ3n) is 4.28. The summed E-state index contributed by atoms with van der Waals surface area (Å²) in [4.78, 5) is 26.7. The Morgan fingerprint density at radius 1 is 1.15 bits per heavy atom. The first-order valence-electron chi connectivity index (χ1n) is 8.97. The van der Waals surface area contributed by atoms with Crippen LogP contribution in [0, 0.1) is 5.82 Å². The summed E-state index contributed by atoms with van der Waals surface area (Å²) < 4.78 is 14.1. The number of benzene rings is 2. The molecule has 0 fully saturated rings. The maximum atomic E-state index is 14.1. The Morgan fingerprint density at radius 2 is 1.81 bits per heavy atom. The Bertz CT molecular complexity index is 780. The van der Waals surface area contributed by atoms with Gasteiger partial charge >= 0.3 is 0 Å². The first-order valence-corrected chi connectivity index (χ1v) is 9.35. The molecular formula is C21H24ClFN2O2. The molecule has 0 saturated heterocycles. The van der Waals surface area contributed by atoms with Crippen molar-refractivity contribution in [1.29, 1.82) is 0 Å². The highest BCUT2D eigenvalue weighted by Gasteiger charge is 2.26. The topological polar surface area (TPSA) is 49.4 Å². The van der Waals surface area contributed by atoms with Crippen LogP contribution in [0.25, 0.3) is 0 Å². The van der Waals surface area contributed by atoms with Crippen LogP contribution in [0.4, 0.5) is 4.39 Å². The molecule has 6 heteroatoms. The smallest absolute Gasteiger partial charge is 0.242 e. The van der Waals surface area contributed by atoms with Crippen molar-refractivity contribution in [1.82, 2.24) is 10.2 Å². The number of nitrogens with one attached hydrogen (secondary N) is 1. The van der Waals surface area contributed by atoms with Gasteiger partial charge in [-0.25, -0.2) is 4.39 Å². The summed E-state index contributed by atoms with van der Waals surface area (Å²) in [7, 11) is 0. The van der Waals surface area contributed by atoms with E-state index in [1.54, 1.807) is 49.4 Å². The molecule has 0 aromatic heterocycles. The van der Waals surface area contributed by atoms with Crippen LogP contribution in [0.2, 0.25) is 5.02 Å². The van der Waals surface area contributed by atoms with Gasteiger partial charge < -0.3 is 10.2 Å². The molecule has 0 bridgehead atoms. The second-order valence-electron chi connectivity index (χ2n) is 6.38. The average Bonchev–Trinajstić information content (AvgIpc) is 2.66. The molecule has 0 unspecified atom stereocenters. The van der Waals surface area contributed by atoms with E-state index in [4.69, 9.17) is 11.6 Å². The van der Waals surface area contributed by atoms with Crippen molar-refractivity contribution < 1.29 is 14.0 Å². The van der Waals surface area contributed by atoms with Gasteiger partial charge in [-0.3, -0.25) is 9.59 Å². The van der Waals surface area contributed by atoms with E-state index in [1.807, 2.05) is 6.92 Å². The molecule has 1 atom stereocenters. The van der Waals surface area contributed by atoms with E-state index < -0.39 is 11.9 Å². The van der Waals surface area contributed by atoms with Crippen molar-refractivity contribution >= 4 is 23.4 Å². The summed E-state index contributed by atoms with van der Waals surface area (Å²) >= 11 is 5.89. The van der Waals surface area contributed by atoms with Crippen LogP contribution in [0.15, 0.2) is 48.5 Å². The SMILES string of the molecule is CCCNC(=O)[C@@H](C)N(Cc1ccccc1F)C(=O)Cc1ccc(Cl)cc1. The van der Waals surface area contributed by atoms with E-state index in [1.165, 1.54) is 11.0 Å². The Kier molecular flexibility index (Phi) is 7.80. The van der Waals surface area contributed by atoms with Crippen LogP contribution >= 0.6 is 11.6 Å². The fraction of sp³-hybridized carbons (Fsp3) is 0.333. The average molecular weight is 391 g/mol. The Morgan fingerprint density at radius 3 is 2.44 bits per heavy atom.